The third kappa shape index (κ3) is 4.38. The summed E-state index contributed by atoms with van der Waals surface area (Å²) < 4.78 is 24.8. The highest BCUT2D eigenvalue weighted by Gasteiger charge is 2.17. The third-order valence-corrected chi connectivity index (χ3v) is 3.64. The maximum atomic E-state index is 11.9. The lowest BCUT2D eigenvalue weighted by Gasteiger charge is -2.05. The van der Waals surface area contributed by atoms with Gasteiger partial charge in [-0.15, -0.1) is 0 Å². The first kappa shape index (κ1) is 15.2. The molecule has 0 aliphatic heterocycles. The standard InChI is InChI=1S/C12H13N3O5S/c16-12(17)8-15-7-11(6-13-15)21(18,19)14-20-9-10-4-2-1-3-5-10/h1-7,14H,8-9H2,(H,16,17). The van der Waals surface area contributed by atoms with Crippen LogP contribution >= 0.6 is 0 Å². The van der Waals surface area contributed by atoms with Crippen LogP contribution in [0, 0.1) is 0 Å². The topological polar surface area (TPSA) is 111 Å². The van der Waals surface area contributed by atoms with Gasteiger partial charge in [0.25, 0.3) is 10.0 Å². The molecule has 1 aromatic heterocycles. The fraction of sp³-hybridized carbons (Fsp3) is 0.167. The van der Waals surface area contributed by atoms with E-state index in [1.54, 1.807) is 12.1 Å². The van der Waals surface area contributed by atoms with Crippen LogP contribution in [0.5, 0.6) is 0 Å². The molecule has 8 nitrogen and oxygen atoms in total. The minimum atomic E-state index is -3.89. The van der Waals surface area contributed by atoms with Crippen LogP contribution in [0.2, 0.25) is 0 Å². The molecule has 0 unspecified atom stereocenters. The number of hydrogen-bond acceptors (Lipinski definition) is 5. The number of carboxylic acids is 1. The summed E-state index contributed by atoms with van der Waals surface area (Å²) in [4.78, 5) is 17.2. The molecule has 0 saturated carbocycles. The highest BCUT2D eigenvalue weighted by molar-refractivity contribution is 7.89. The zero-order valence-electron chi connectivity index (χ0n) is 10.8. The van der Waals surface area contributed by atoms with Crippen LogP contribution in [0.25, 0.3) is 0 Å². The van der Waals surface area contributed by atoms with Crippen molar-refractivity contribution in [3.8, 4) is 0 Å². The van der Waals surface area contributed by atoms with E-state index in [-0.39, 0.29) is 11.5 Å². The van der Waals surface area contributed by atoms with Gasteiger partial charge >= 0.3 is 5.97 Å². The number of nitrogens with zero attached hydrogens (tertiary/aromatic N) is 2. The van der Waals surface area contributed by atoms with Crippen molar-refractivity contribution in [3.05, 3.63) is 48.3 Å². The Kier molecular flexibility index (Phi) is 4.68. The van der Waals surface area contributed by atoms with E-state index < -0.39 is 22.5 Å². The molecule has 21 heavy (non-hydrogen) atoms. The summed E-state index contributed by atoms with van der Waals surface area (Å²) >= 11 is 0. The lowest BCUT2D eigenvalue weighted by atomic mass is 10.2. The van der Waals surface area contributed by atoms with Gasteiger partial charge in [0, 0.05) is 6.20 Å². The molecule has 9 heteroatoms. The van der Waals surface area contributed by atoms with E-state index in [9.17, 15) is 13.2 Å². The van der Waals surface area contributed by atoms with E-state index in [2.05, 4.69) is 5.10 Å². The molecule has 0 aliphatic carbocycles. The summed E-state index contributed by atoms with van der Waals surface area (Å²) in [6.45, 7) is -0.344. The number of aliphatic carboxylic acids is 1. The number of rotatable bonds is 7. The Labute approximate surface area is 121 Å². The van der Waals surface area contributed by atoms with Gasteiger partial charge in [-0.3, -0.25) is 14.3 Å². The molecule has 0 saturated heterocycles. The summed E-state index contributed by atoms with van der Waals surface area (Å²) in [5, 5.41) is 12.2. The monoisotopic (exact) mass is 311 g/mol. The van der Waals surface area contributed by atoms with E-state index in [1.807, 2.05) is 23.1 Å². The number of carbonyl (C=O) groups is 1. The summed E-state index contributed by atoms with van der Waals surface area (Å²) in [7, 11) is -3.89. The average molecular weight is 311 g/mol. The van der Waals surface area contributed by atoms with Crippen LogP contribution in [0.1, 0.15) is 5.56 Å². The van der Waals surface area contributed by atoms with Crippen LogP contribution in [0.3, 0.4) is 0 Å². The Morgan fingerprint density at radius 3 is 2.71 bits per heavy atom. The zero-order valence-corrected chi connectivity index (χ0v) is 11.7. The van der Waals surface area contributed by atoms with Crippen molar-refractivity contribution in [2.24, 2.45) is 0 Å². The van der Waals surface area contributed by atoms with Crippen molar-refractivity contribution < 1.29 is 23.2 Å². The van der Waals surface area contributed by atoms with Crippen LogP contribution in [0.4, 0.5) is 0 Å². The summed E-state index contributed by atoms with van der Waals surface area (Å²) in [6, 6.07) is 9.04. The molecule has 2 rings (SSSR count). The predicted molar refractivity (Wildman–Crippen MR) is 71.4 cm³/mol. The number of benzene rings is 1. The van der Waals surface area contributed by atoms with Crippen LogP contribution < -0.4 is 4.89 Å². The summed E-state index contributed by atoms with van der Waals surface area (Å²) in [6.07, 6.45) is 2.17. The Balaban J connectivity index is 1.95. The van der Waals surface area contributed by atoms with Gasteiger partial charge in [0.05, 0.1) is 12.8 Å². The van der Waals surface area contributed by atoms with Crippen LogP contribution in [-0.2, 0) is 32.8 Å². The Morgan fingerprint density at radius 2 is 2.05 bits per heavy atom. The molecule has 0 spiro atoms. The second-order valence-electron chi connectivity index (χ2n) is 4.13. The lowest BCUT2D eigenvalue weighted by molar-refractivity contribution is -0.137. The highest BCUT2D eigenvalue weighted by Crippen LogP contribution is 2.07. The second-order valence-corrected chi connectivity index (χ2v) is 5.77. The number of aromatic nitrogens is 2. The molecule has 0 atom stereocenters. The molecule has 112 valence electrons. The van der Waals surface area contributed by atoms with E-state index >= 15 is 0 Å². The molecule has 0 aliphatic rings. The highest BCUT2D eigenvalue weighted by atomic mass is 32.2. The van der Waals surface area contributed by atoms with E-state index in [1.165, 1.54) is 0 Å². The fourth-order valence-electron chi connectivity index (χ4n) is 1.52. The average Bonchev–Trinajstić information content (AvgIpc) is 2.88. The summed E-state index contributed by atoms with van der Waals surface area (Å²) in [5.41, 5.74) is 0.807. The van der Waals surface area contributed by atoms with E-state index in [4.69, 9.17) is 9.94 Å². The first-order valence-electron chi connectivity index (χ1n) is 5.89. The van der Waals surface area contributed by atoms with Crippen molar-refractivity contribution in [2.75, 3.05) is 0 Å². The van der Waals surface area contributed by atoms with Crippen LogP contribution in [-0.4, -0.2) is 29.3 Å². The van der Waals surface area contributed by atoms with Gasteiger partial charge in [-0.05, 0) is 5.56 Å². The number of nitrogens with one attached hydrogen (secondary N) is 1. The Hall–Kier alpha value is -2.23. The van der Waals surface area contributed by atoms with Crippen molar-refractivity contribution in [3.63, 3.8) is 0 Å². The van der Waals surface area contributed by atoms with Gasteiger partial charge in [-0.25, -0.2) is 8.42 Å². The van der Waals surface area contributed by atoms with Gasteiger partial charge < -0.3 is 5.11 Å². The van der Waals surface area contributed by atoms with Crippen molar-refractivity contribution >= 4 is 16.0 Å². The number of hydrogen-bond donors (Lipinski definition) is 2. The normalized spacial score (nSPS) is 11.4. The molecule has 1 aromatic carbocycles. The molecule has 1 heterocycles. The smallest absolute Gasteiger partial charge is 0.325 e. The van der Waals surface area contributed by atoms with Gasteiger partial charge in [0.2, 0.25) is 0 Å². The quantitative estimate of drug-likeness (QED) is 0.715. The summed E-state index contributed by atoms with van der Waals surface area (Å²) in [5.74, 6) is -1.12. The Morgan fingerprint density at radius 1 is 1.33 bits per heavy atom. The fourth-order valence-corrected chi connectivity index (χ4v) is 2.28. The number of sulfonamides is 1. The number of carboxylic acid groups (broad SMARTS) is 1. The predicted octanol–water partition coefficient (Wildman–Crippen LogP) is 0.378. The molecule has 2 aromatic rings. The zero-order chi connectivity index (χ0) is 15.3. The Bertz CT molecular complexity index is 712. The maximum absolute atomic E-state index is 11.9. The second kappa shape index (κ2) is 6.48. The molecule has 0 radical (unpaired) electrons. The van der Waals surface area contributed by atoms with Gasteiger partial charge in [-0.2, -0.15) is 5.10 Å². The van der Waals surface area contributed by atoms with Crippen LogP contribution in [0.15, 0.2) is 47.6 Å². The van der Waals surface area contributed by atoms with Gasteiger partial charge in [0.1, 0.15) is 11.4 Å². The minimum Gasteiger partial charge on any atom is -0.480 e. The molecular formula is C12H13N3O5S. The van der Waals surface area contributed by atoms with Crippen molar-refractivity contribution in [1.82, 2.24) is 14.7 Å². The molecule has 0 amide bonds. The van der Waals surface area contributed by atoms with Gasteiger partial charge in [-0.1, -0.05) is 35.2 Å². The first-order chi connectivity index (χ1) is 9.97. The van der Waals surface area contributed by atoms with E-state index in [0.717, 1.165) is 22.6 Å². The van der Waals surface area contributed by atoms with E-state index in [0.29, 0.717) is 0 Å². The maximum Gasteiger partial charge on any atom is 0.325 e. The van der Waals surface area contributed by atoms with Crippen molar-refractivity contribution in [1.29, 1.82) is 0 Å². The SMILES string of the molecule is O=C(O)Cn1cc(S(=O)(=O)NOCc2ccccc2)cn1. The molecular weight excluding hydrogens is 298 g/mol. The largest absolute Gasteiger partial charge is 0.480 e. The lowest BCUT2D eigenvalue weighted by Crippen LogP contribution is -2.23. The van der Waals surface area contributed by atoms with Crippen molar-refractivity contribution in [2.45, 2.75) is 18.0 Å². The van der Waals surface area contributed by atoms with Gasteiger partial charge in [0.15, 0.2) is 0 Å². The minimum absolute atomic E-state index is 0.0728. The molecule has 0 bridgehead atoms. The first-order valence-corrected chi connectivity index (χ1v) is 7.37. The molecule has 0 fully saturated rings. The molecule has 2 N–H and O–H groups in total. The third-order valence-electron chi connectivity index (χ3n) is 2.47.